The van der Waals surface area contributed by atoms with Crippen molar-refractivity contribution in [2.75, 3.05) is 5.32 Å². The van der Waals surface area contributed by atoms with Gasteiger partial charge >= 0.3 is 0 Å². The van der Waals surface area contributed by atoms with Crippen molar-refractivity contribution >= 4 is 29.0 Å². The molecule has 0 amide bonds. The van der Waals surface area contributed by atoms with E-state index in [1.165, 1.54) is 0 Å². The highest BCUT2D eigenvalue weighted by Crippen LogP contribution is 2.28. The molecule has 5 heteroatoms. The Balaban J connectivity index is 1.82. The van der Waals surface area contributed by atoms with Gasteiger partial charge in [-0.3, -0.25) is 4.79 Å². The lowest BCUT2D eigenvalue weighted by Crippen LogP contribution is -2.22. The third-order valence-electron chi connectivity index (χ3n) is 3.92. The molecule has 2 aromatic rings. The van der Waals surface area contributed by atoms with Crippen LogP contribution in [0.4, 0.5) is 11.6 Å². The van der Waals surface area contributed by atoms with Gasteiger partial charge in [-0.2, -0.15) is 0 Å². The van der Waals surface area contributed by atoms with Crippen molar-refractivity contribution in [3.8, 4) is 0 Å². The maximum atomic E-state index is 12.2. The highest BCUT2D eigenvalue weighted by Gasteiger charge is 2.26. The van der Waals surface area contributed by atoms with E-state index in [0.29, 0.717) is 28.9 Å². The summed E-state index contributed by atoms with van der Waals surface area (Å²) < 4.78 is 0. The van der Waals surface area contributed by atoms with E-state index in [9.17, 15) is 4.79 Å². The predicted octanol–water partition coefficient (Wildman–Crippen LogP) is 4.42. The van der Waals surface area contributed by atoms with Gasteiger partial charge in [0, 0.05) is 23.3 Å². The zero-order valence-corrected chi connectivity index (χ0v) is 13.2. The summed E-state index contributed by atoms with van der Waals surface area (Å²) in [7, 11) is 0. The van der Waals surface area contributed by atoms with Crippen LogP contribution in [0.5, 0.6) is 0 Å². The zero-order valence-electron chi connectivity index (χ0n) is 12.5. The Bertz CT molecular complexity index is 685. The molecule has 1 aliphatic rings. The van der Waals surface area contributed by atoms with Crippen molar-refractivity contribution < 1.29 is 4.79 Å². The molecule has 1 unspecified atom stereocenters. The van der Waals surface area contributed by atoms with E-state index in [1.54, 1.807) is 6.20 Å². The molecule has 1 heterocycles. The van der Waals surface area contributed by atoms with Crippen LogP contribution in [-0.2, 0) is 6.42 Å². The highest BCUT2D eigenvalue weighted by molar-refractivity contribution is 6.30. The van der Waals surface area contributed by atoms with E-state index in [-0.39, 0.29) is 5.78 Å². The number of Topliss-reactive ketones (excluding diaryl/α,β-unsaturated/α-hetero) is 1. The third-order valence-corrected chi connectivity index (χ3v) is 4.17. The zero-order chi connectivity index (χ0) is 15.5. The Morgan fingerprint density at radius 3 is 2.77 bits per heavy atom. The molecule has 0 bridgehead atoms. The smallest absolute Gasteiger partial charge is 0.227 e. The molecule has 4 nitrogen and oxygen atoms in total. The van der Waals surface area contributed by atoms with E-state index in [0.717, 1.165) is 30.6 Å². The number of carbonyl (C=O) groups excluding carboxylic acids is 1. The molecule has 0 aliphatic heterocycles. The Labute approximate surface area is 134 Å². The molecule has 1 N–H and O–H groups in total. The van der Waals surface area contributed by atoms with Gasteiger partial charge in [-0.15, -0.1) is 0 Å². The van der Waals surface area contributed by atoms with Crippen LogP contribution in [0.2, 0.25) is 5.02 Å². The average molecular weight is 316 g/mol. The molecule has 1 aliphatic carbocycles. The van der Waals surface area contributed by atoms with Crippen molar-refractivity contribution in [3.63, 3.8) is 0 Å². The summed E-state index contributed by atoms with van der Waals surface area (Å²) in [5.74, 6) is 1.09. The maximum absolute atomic E-state index is 12.2. The van der Waals surface area contributed by atoms with Crippen molar-refractivity contribution in [2.45, 2.75) is 32.6 Å². The minimum absolute atomic E-state index is 0.165. The van der Waals surface area contributed by atoms with Crippen LogP contribution in [0.25, 0.3) is 0 Å². The van der Waals surface area contributed by atoms with Gasteiger partial charge in [0.15, 0.2) is 5.78 Å². The lowest BCUT2D eigenvalue weighted by Gasteiger charge is -2.22. The number of hydrogen-bond donors (Lipinski definition) is 1. The number of nitrogens with zero attached hydrogens (tertiary/aromatic N) is 2. The topological polar surface area (TPSA) is 54.9 Å². The number of carbonyl (C=O) groups is 1. The van der Waals surface area contributed by atoms with E-state index in [1.807, 2.05) is 24.3 Å². The number of anilines is 2. The van der Waals surface area contributed by atoms with Gasteiger partial charge in [0.05, 0.1) is 11.3 Å². The number of rotatable bonds is 4. The van der Waals surface area contributed by atoms with Crippen LogP contribution >= 0.6 is 11.6 Å². The fraction of sp³-hybridized carbons (Fsp3) is 0.353. The van der Waals surface area contributed by atoms with Gasteiger partial charge in [-0.25, -0.2) is 9.97 Å². The number of ketones is 1. The lowest BCUT2D eigenvalue weighted by molar-refractivity contribution is 0.0944. The quantitative estimate of drug-likeness (QED) is 0.907. The maximum Gasteiger partial charge on any atom is 0.227 e. The number of halogens is 1. The Hall–Kier alpha value is -1.94. The third kappa shape index (κ3) is 3.28. The first-order chi connectivity index (χ1) is 10.7. The van der Waals surface area contributed by atoms with Gasteiger partial charge in [0.1, 0.15) is 0 Å². The molecule has 3 rings (SSSR count). The van der Waals surface area contributed by atoms with Crippen LogP contribution in [0.1, 0.15) is 42.2 Å². The minimum atomic E-state index is 0.165. The van der Waals surface area contributed by atoms with Gasteiger partial charge in [-0.1, -0.05) is 24.9 Å². The van der Waals surface area contributed by atoms with Crippen molar-refractivity contribution in [1.29, 1.82) is 0 Å². The standard InChI is InChI=1S/C17H18ClN3O/c1-2-3-11-8-15-14(16(22)9-11)10-19-17(21-15)20-13-6-4-12(18)5-7-13/h4-7,10-11H,2-3,8-9H2,1H3,(H,19,20,21). The molecule has 0 radical (unpaired) electrons. The number of benzene rings is 1. The Kier molecular flexibility index (Phi) is 4.39. The fourth-order valence-electron chi connectivity index (χ4n) is 2.86. The summed E-state index contributed by atoms with van der Waals surface area (Å²) in [4.78, 5) is 21.0. The van der Waals surface area contributed by atoms with Crippen LogP contribution in [0.15, 0.2) is 30.5 Å². The molecule has 0 saturated carbocycles. The second-order valence-electron chi connectivity index (χ2n) is 5.67. The molecular weight excluding hydrogens is 298 g/mol. The number of fused-ring (bicyclic) bond motifs is 1. The van der Waals surface area contributed by atoms with Gasteiger partial charge in [0.25, 0.3) is 0 Å². The first-order valence-electron chi connectivity index (χ1n) is 7.57. The number of aromatic nitrogens is 2. The fourth-order valence-corrected chi connectivity index (χ4v) is 2.98. The van der Waals surface area contributed by atoms with Crippen molar-refractivity contribution in [1.82, 2.24) is 9.97 Å². The molecule has 1 atom stereocenters. The molecule has 1 aromatic heterocycles. The van der Waals surface area contributed by atoms with Gasteiger partial charge in [-0.05, 0) is 43.0 Å². The molecule has 0 saturated heterocycles. The summed E-state index contributed by atoms with van der Waals surface area (Å²) in [6.07, 6.45) is 5.27. The van der Waals surface area contributed by atoms with Crippen LogP contribution in [0, 0.1) is 5.92 Å². The highest BCUT2D eigenvalue weighted by atomic mass is 35.5. The van der Waals surface area contributed by atoms with Crippen molar-refractivity contribution in [3.05, 3.63) is 46.7 Å². The normalized spacial score (nSPS) is 17.2. The van der Waals surface area contributed by atoms with E-state index in [2.05, 4.69) is 22.2 Å². The molecule has 0 fully saturated rings. The van der Waals surface area contributed by atoms with Crippen LogP contribution < -0.4 is 5.32 Å². The Morgan fingerprint density at radius 2 is 2.05 bits per heavy atom. The van der Waals surface area contributed by atoms with Crippen LogP contribution in [-0.4, -0.2) is 15.8 Å². The molecule has 0 spiro atoms. The second kappa shape index (κ2) is 6.44. The monoisotopic (exact) mass is 315 g/mol. The van der Waals surface area contributed by atoms with Gasteiger partial charge in [0.2, 0.25) is 5.95 Å². The van der Waals surface area contributed by atoms with E-state index in [4.69, 9.17) is 11.6 Å². The largest absolute Gasteiger partial charge is 0.324 e. The first-order valence-corrected chi connectivity index (χ1v) is 7.95. The Morgan fingerprint density at radius 1 is 1.27 bits per heavy atom. The SMILES string of the molecule is CCCC1CC(=O)c2cnc(Nc3ccc(Cl)cc3)nc2C1. The second-order valence-corrected chi connectivity index (χ2v) is 6.11. The average Bonchev–Trinajstić information content (AvgIpc) is 2.50. The summed E-state index contributed by atoms with van der Waals surface area (Å²) in [5.41, 5.74) is 2.41. The molecule has 1 aromatic carbocycles. The molecule has 114 valence electrons. The van der Waals surface area contributed by atoms with Gasteiger partial charge < -0.3 is 5.32 Å². The van der Waals surface area contributed by atoms with E-state index < -0.39 is 0 Å². The van der Waals surface area contributed by atoms with Crippen molar-refractivity contribution in [2.24, 2.45) is 5.92 Å². The summed E-state index contributed by atoms with van der Waals surface area (Å²) in [5, 5.41) is 3.84. The minimum Gasteiger partial charge on any atom is -0.324 e. The van der Waals surface area contributed by atoms with Crippen LogP contribution in [0.3, 0.4) is 0 Å². The summed E-state index contributed by atoms with van der Waals surface area (Å²) >= 11 is 5.87. The summed E-state index contributed by atoms with van der Waals surface area (Å²) in [6, 6.07) is 7.36. The van der Waals surface area contributed by atoms with E-state index >= 15 is 0 Å². The lowest BCUT2D eigenvalue weighted by atomic mass is 9.84. The molecule has 22 heavy (non-hydrogen) atoms. The number of nitrogens with one attached hydrogen (secondary N) is 1. The summed E-state index contributed by atoms with van der Waals surface area (Å²) in [6.45, 7) is 2.15. The first kappa shape index (κ1) is 15.0. The molecular formula is C17H18ClN3O. The number of hydrogen-bond acceptors (Lipinski definition) is 4. The predicted molar refractivity (Wildman–Crippen MR) is 87.8 cm³/mol.